The minimum absolute atomic E-state index is 0.0152. The molecule has 0 radical (unpaired) electrons. The van der Waals surface area contributed by atoms with Crippen LogP contribution in [0.2, 0.25) is 10.0 Å². The van der Waals surface area contributed by atoms with Gasteiger partial charge in [0.05, 0.1) is 27.2 Å². The molecule has 0 saturated carbocycles. The van der Waals surface area contributed by atoms with Crippen LogP contribution in [0, 0.1) is 6.92 Å². The largest absolute Gasteiger partial charge is 0.296 e. The van der Waals surface area contributed by atoms with Crippen LogP contribution in [0.25, 0.3) is 5.69 Å². The van der Waals surface area contributed by atoms with Crippen LogP contribution in [0.1, 0.15) is 11.3 Å². The molecule has 9 heteroatoms. The lowest BCUT2D eigenvalue weighted by atomic mass is 10.2. The lowest BCUT2D eigenvalue weighted by molar-refractivity contribution is 0.600. The molecule has 0 unspecified atom stereocenters. The number of nitrogens with zero attached hydrogens (tertiary/aromatic N) is 2. The van der Waals surface area contributed by atoms with E-state index in [1.807, 2.05) is 6.07 Å². The van der Waals surface area contributed by atoms with Gasteiger partial charge in [-0.1, -0.05) is 47.5 Å². The average molecular weight is 426 g/mol. The van der Waals surface area contributed by atoms with Crippen molar-refractivity contribution in [2.45, 2.75) is 12.7 Å². The summed E-state index contributed by atoms with van der Waals surface area (Å²) in [7, 11) is -2.13. The number of rotatable bonds is 5. The molecule has 1 N–H and O–H groups in total. The van der Waals surface area contributed by atoms with Crippen molar-refractivity contribution < 1.29 is 8.42 Å². The zero-order chi connectivity index (χ0) is 19.8. The van der Waals surface area contributed by atoms with E-state index < -0.39 is 15.6 Å². The van der Waals surface area contributed by atoms with E-state index >= 15 is 0 Å². The van der Waals surface area contributed by atoms with Gasteiger partial charge < -0.3 is 0 Å². The van der Waals surface area contributed by atoms with Crippen molar-refractivity contribution in [1.82, 2.24) is 9.36 Å². The third-order valence-electron chi connectivity index (χ3n) is 4.15. The highest BCUT2D eigenvalue weighted by Crippen LogP contribution is 2.24. The van der Waals surface area contributed by atoms with E-state index in [1.165, 1.54) is 16.8 Å². The van der Waals surface area contributed by atoms with E-state index in [1.54, 1.807) is 49.0 Å². The Hall–Kier alpha value is -2.22. The average Bonchev–Trinajstić information content (AvgIpc) is 2.82. The fourth-order valence-electron chi connectivity index (χ4n) is 2.73. The Balaban J connectivity index is 1.95. The molecule has 1 heterocycles. The molecule has 0 aliphatic rings. The van der Waals surface area contributed by atoms with Gasteiger partial charge in [-0.15, -0.1) is 0 Å². The smallest absolute Gasteiger partial charge is 0.283 e. The molecule has 2 aromatic carbocycles. The summed E-state index contributed by atoms with van der Waals surface area (Å²) in [5.74, 6) is -0.330. The van der Waals surface area contributed by atoms with Gasteiger partial charge in [-0.3, -0.25) is 14.2 Å². The summed E-state index contributed by atoms with van der Waals surface area (Å²) in [5.41, 5.74) is 1.18. The maximum atomic E-state index is 12.8. The third-order valence-corrected chi connectivity index (χ3v) is 6.12. The van der Waals surface area contributed by atoms with Crippen LogP contribution in [0.4, 0.5) is 5.69 Å². The van der Waals surface area contributed by atoms with Crippen LogP contribution in [-0.2, 0) is 22.8 Å². The fourth-order valence-corrected chi connectivity index (χ4v) is 4.28. The van der Waals surface area contributed by atoms with E-state index in [0.29, 0.717) is 22.0 Å². The van der Waals surface area contributed by atoms with E-state index in [4.69, 9.17) is 23.2 Å². The topological polar surface area (TPSA) is 73.1 Å². The quantitative estimate of drug-likeness (QED) is 0.676. The van der Waals surface area contributed by atoms with Gasteiger partial charge in [0, 0.05) is 7.05 Å². The summed E-state index contributed by atoms with van der Waals surface area (Å²) in [6.07, 6.45) is 0. The second-order valence-corrected chi connectivity index (χ2v) is 8.58. The number of hydrogen-bond donors (Lipinski definition) is 1. The molecule has 1 aromatic heterocycles. The first-order valence-electron chi connectivity index (χ1n) is 7.98. The van der Waals surface area contributed by atoms with Crippen molar-refractivity contribution in [1.29, 1.82) is 0 Å². The molecule has 3 aromatic rings. The lowest BCUT2D eigenvalue weighted by Crippen LogP contribution is -2.23. The van der Waals surface area contributed by atoms with Gasteiger partial charge in [0.1, 0.15) is 5.69 Å². The number of benzene rings is 2. The molecule has 0 bridgehead atoms. The molecule has 0 aliphatic carbocycles. The van der Waals surface area contributed by atoms with E-state index in [-0.39, 0.29) is 16.5 Å². The Bertz CT molecular complexity index is 1150. The first-order valence-corrected chi connectivity index (χ1v) is 10.4. The molecule has 0 saturated heterocycles. The van der Waals surface area contributed by atoms with Crippen LogP contribution in [0.15, 0.2) is 53.3 Å². The number of hydrogen-bond acceptors (Lipinski definition) is 3. The first kappa shape index (κ1) is 19.5. The monoisotopic (exact) mass is 425 g/mol. The summed E-state index contributed by atoms with van der Waals surface area (Å²) < 4.78 is 30.6. The lowest BCUT2D eigenvalue weighted by Gasteiger charge is -2.08. The standard InChI is InChI=1S/C18H17Cl2N3O3S/c1-12-17(18(24)23(22(12)2)14-6-4-3-5-7-14)21-27(25,26)11-13-8-9-15(19)16(20)10-13/h3-10,21H,11H2,1-2H3. The minimum Gasteiger partial charge on any atom is -0.283 e. The number of halogens is 2. The zero-order valence-corrected chi connectivity index (χ0v) is 16.9. The maximum absolute atomic E-state index is 12.8. The van der Waals surface area contributed by atoms with Gasteiger partial charge in [0.25, 0.3) is 5.56 Å². The van der Waals surface area contributed by atoms with E-state index in [0.717, 1.165) is 0 Å². The maximum Gasteiger partial charge on any atom is 0.296 e. The molecule has 0 spiro atoms. The van der Waals surface area contributed by atoms with Crippen LogP contribution in [0.5, 0.6) is 0 Å². The molecule has 142 valence electrons. The Labute approximate surface area is 167 Å². The summed E-state index contributed by atoms with van der Waals surface area (Å²) in [6, 6.07) is 13.6. The van der Waals surface area contributed by atoms with E-state index in [9.17, 15) is 13.2 Å². The molecule has 0 fully saturated rings. The Morgan fingerprint density at radius 3 is 2.33 bits per heavy atom. The van der Waals surface area contributed by atoms with Gasteiger partial charge in [0.2, 0.25) is 10.0 Å². The second kappa shape index (κ2) is 7.42. The Kier molecular flexibility index (Phi) is 5.37. The number of anilines is 1. The van der Waals surface area contributed by atoms with Gasteiger partial charge in [-0.25, -0.2) is 13.1 Å². The van der Waals surface area contributed by atoms with Crippen LogP contribution < -0.4 is 10.3 Å². The predicted molar refractivity (Wildman–Crippen MR) is 108 cm³/mol. The zero-order valence-electron chi connectivity index (χ0n) is 14.6. The van der Waals surface area contributed by atoms with Crippen molar-refractivity contribution in [3.05, 3.63) is 80.2 Å². The molecule has 0 atom stereocenters. The summed E-state index contributed by atoms with van der Waals surface area (Å²) >= 11 is 11.8. The van der Waals surface area contributed by atoms with Crippen LogP contribution in [0.3, 0.4) is 0 Å². The van der Waals surface area contributed by atoms with Gasteiger partial charge >= 0.3 is 0 Å². The van der Waals surface area contributed by atoms with Crippen molar-refractivity contribution in [2.24, 2.45) is 7.05 Å². The highest BCUT2D eigenvalue weighted by atomic mass is 35.5. The fraction of sp³-hybridized carbons (Fsp3) is 0.167. The minimum atomic E-state index is -3.83. The number of nitrogens with one attached hydrogen (secondary N) is 1. The highest BCUT2D eigenvalue weighted by molar-refractivity contribution is 7.91. The Morgan fingerprint density at radius 2 is 1.70 bits per heavy atom. The normalized spacial score (nSPS) is 11.6. The second-order valence-electron chi connectivity index (χ2n) is 6.05. The molecule has 27 heavy (non-hydrogen) atoms. The van der Waals surface area contributed by atoms with Crippen molar-refractivity contribution in [3.8, 4) is 5.69 Å². The van der Waals surface area contributed by atoms with Gasteiger partial charge in [0.15, 0.2) is 0 Å². The Morgan fingerprint density at radius 1 is 1.04 bits per heavy atom. The van der Waals surface area contributed by atoms with Gasteiger partial charge in [-0.05, 0) is 36.8 Å². The van der Waals surface area contributed by atoms with Crippen molar-refractivity contribution >= 4 is 38.9 Å². The SMILES string of the molecule is Cc1c(NS(=O)(=O)Cc2ccc(Cl)c(Cl)c2)c(=O)n(-c2ccccc2)n1C. The van der Waals surface area contributed by atoms with Crippen molar-refractivity contribution in [3.63, 3.8) is 0 Å². The summed E-state index contributed by atoms with van der Waals surface area (Å²) in [6.45, 7) is 1.68. The molecular weight excluding hydrogens is 409 g/mol. The summed E-state index contributed by atoms with van der Waals surface area (Å²) in [4.78, 5) is 12.8. The van der Waals surface area contributed by atoms with Crippen molar-refractivity contribution in [2.75, 3.05) is 4.72 Å². The molecular formula is C18H17Cl2N3O3S. The molecule has 0 amide bonds. The molecule has 3 rings (SSSR count). The third kappa shape index (κ3) is 4.05. The number of para-hydroxylation sites is 1. The van der Waals surface area contributed by atoms with Gasteiger partial charge in [-0.2, -0.15) is 0 Å². The number of sulfonamides is 1. The van der Waals surface area contributed by atoms with E-state index in [2.05, 4.69) is 4.72 Å². The molecule has 0 aliphatic heterocycles. The first-order chi connectivity index (χ1) is 12.7. The van der Waals surface area contributed by atoms with Crippen LogP contribution in [-0.4, -0.2) is 17.8 Å². The number of aromatic nitrogens is 2. The molecule has 6 nitrogen and oxygen atoms in total. The van der Waals surface area contributed by atoms with Crippen LogP contribution >= 0.6 is 23.2 Å². The summed E-state index contributed by atoms with van der Waals surface area (Å²) in [5, 5.41) is 0.613. The predicted octanol–water partition coefficient (Wildman–Crippen LogP) is 3.73. The highest BCUT2D eigenvalue weighted by Gasteiger charge is 2.21.